The summed E-state index contributed by atoms with van der Waals surface area (Å²) in [5.74, 6) is -0.850. The van der Waals surface area contributed by atoms with Crippen LogP contribution in [0.1, 0.15) is 43.4 Å². The SMILES string of the molecule is Cc1ccnc(NCCCC(=O)NC(C(=O)NC(CC(=O)O)c2ccc(-c3ccc(OCCOCCOCCOCCOCCN=[N+]=[N-])c4ccccc34)cc2)C(C)O)c1. The topological polar surface area (TPSA) is 236 Å². The lowest BCUT2D eigenvalue weighted by Crippen LogP contribution is -2.53. The highest BCUT2D eigenvalue weighted by Crippen LogP contribution is 2.35. The molecule has 0 aliphatic carbocycles. The third kappa shape index (κ3) is 16.4. The normalized spacial score (nSPS) is 12.5. The van der Waals surface area contributed by atoms with Crippen LogP contribution >= 0.6 is 0 Å². The number of hydrogen-bond acceptors (Lipinski definition) is 12. The van der Waals surface area contributed by atoms with Crippen LogP contribution in [-0.2, 0) is 33.3 Å². The maximum atomic E-state index is 13.4. The Morgan fingerprint density at radius 2 is 1.48 bits per heavy atom. The number of fused-ring (bicyclic) bond motifs is 1. The lowest BCUT2D eigenvalue weighted by molar-refractivity contribution is -0.138. The molecule has 60 heavy (non-hydrogen) atoms. The number of amides is 2. The number of aryl methyl sites for hydroxylation is 1. The maximum absolute atomic E-state index is 13.4. The largest absolute Gasteiger partial charge is 0.491 e. The number of anilines is 1. The van der Waals surface area contributed by atoms with Crippen molar-refractivity contribution in [2.24, 2.45) is 5.11 Å². The molecule has 0 saturated carbocycles. The van der Waals surface area contributed by atoms with Crippen LogP contribution in [0.25, 0.3) is 32.3 Å². The fourth-order valence-corrected chi connectivity index (χ4v) is 6.10. The molecule has 1 heterocycles. The number of aliphatic hydroxyl groups excluding tert-OH is 1. The average Bonchev–Trinajstić information content (AvgIpc) is 3.23. The van der Waals surface area contributed by atoms with Gasteiger partial charge in [0.15, 0.2) is 0 Å². The number of rotatable bonds is 29. The number of ether oxygens (including phenoxy) is 5. The molecule has 17 nitrogen and oxygen atoms in total. The number of nitrogens with one attached hydrogen (secondary N) is 3. The Bertz CT molecular complexity index is 1990. The summed E-state index contributed by atoms with van der Waals surface area (Å²) in [5.41, 5.74) is 11.6. The van der Waals surface area contributed by atoms with E-state index in [1.807, 2.05) is 67.6 Å². The fourth-order valence-electron chi connectivity index (χ4n) is 6.10. The first-order valence-corrected chi connectivity index (χ1v) is 19.9. The van der Waals surface area contributed by atoms with Gasteiger partial charge in [0.1, 0.15) is 24.2 Å². The Morgan fingerprint density at radius 3 is 2.12 bits per heavy atom. The number of aliphatic carboxylic acids is 1. The first-order chi connectivity index (χ1) is 29.2. The average molecular weight is 830 g/mol. The van der Waals surface area contributed by atoms with Crippen LogP contribution in [0.4, 0.5) is 5.82 Å². The van der Waals surface area contributed by atoms with Gasteiger partial charge in [-0.05, 0) is 71.6 Å². The van der Waals surface area contributed by atoms with E-state index in [1.165, 1.54) is 6.92 Å². The lowest BCUT2D eigenvalue weighted by atomic mass is 9.95. The molecule has 0 aliphatic rings. The van der Waals surface area contributed by atoms with E-state index in [2.05, 4.69) is 31.0 Å². The van der Waals surface area contributed by atoms with E-state index in [9.17, 15) is 24.6 Å². The summed E-state index contributed by atoms with van der Waals surface area (Å²) in [6.07, 6.45) is 0.608. The Morgan fingerprint density at radius 1 is 0.833 bits per heavy atom. The molecule has 3 atom stereocenters. The zero-order chi connectivity index (χ0) is 43.0. The van der Waals surface area contributed by atoms with Crippen molar-refractivity contribution in [3.05, 3.63) is 101 Å². The highest BCUT2D eigenvalue weighted by atomic mass is 16.6. The van der Waals surface area contributed by atoms with Gasteiger partial charge in [0.2, 0.25) is 11.8 Å². The van der Waals surface area contributed by atoms with E-state index < -0.39 is 42.4 Å². The van der Waals surface area contributed by atoms with Gasteiger partial charge in [-0.2, -0.15) is 0 Å². The van der Waals surface area contributed by atoms with Crippen molar-refractivity contribution in [2.45, 2.75) is 51.3 Å². The molecule has 0 radical (unpaired) electrons. The first kappa shape index (κ1) is 46.9. The van der Waals surface area contributed by atoms with Crippen LogP contribution in [0.3, 0.4) is 0 Å². The number of carboxylic acids is 1. The zero-order valence-electron chi connectivity index (χ0n) is 34.1. The van der Waals surface area contributed by atoms with E-state index in [4.69, 9.17) is 29.2 Å². The van der Waals surface area contributed by atoms with Crippen LogP contribution < -0.4 is 20.7 Å². The number of azide groups is 1. The van der Waals surface area contributed by atoms with Crippen molar-refractivity contribution in [1.29, 1.82) is 0 Å². The molecule has 4 aromatic rings. The molecule has 2 amide bonds. The van der Waals surface area contributed by atoms with Gasteiger partial charge >= 0.3 is 5.97 Å². The Balaban J connectivity index is 1.26. The minimum absolute atomic E-state index is 0.0996. The van der Waals surface area contributed by atoms with Gasteiger partial charge in [0.05, 0.1) is 71.4 Å². The Kier molecular flexibility index (Phi) is 20.6. The van der Waals surface area contributed by atoms with E-state index in [1.54, 1.807) is 18.3 Å². The van der Waals surface area contributed by atoms with E-state index in [0.717, 1.165) is 27.5 Å². The molecule has 0 bridgehead atoms. The third-order valence-corrected chi connectivity index (χ3v) is 9.09. The van der Waals surface area contributed by atoms with E-state index in [0.29, 0.717) is 96.1 Å². The highest BCUT2D eigenvalue weighted by Gasteiger charge is 2.29. The van der Waals surface area contributed by atoms with Gasteiger partial charge in [0, 0.05) is 36.0 Å². The molecule has 0 saturated heterocycles. The van der Waals surface area contributed by atoms with Crippen LogP contribution in [0, 0.1) is 6.92 Å². The molecule has 322 valence electrons. The molecular weight excluding hydrogens is 775 g/mol. The molecule has 5 N–H and O–H groups in total. The fraction of sp³-hybridized carbons (Fsp3) is 0.442. The van der Waals surface area contributed by atoms with Crippen molar-refractivity contribution in [1.82, 2.24) is 15.6 Å². The Hall–Kier alpha value is -5.81. The van der Waals surface area contributed by atoms with Gasteiger partial charge < -0.3 is 49.8 Å². The van der Waals surface area contributed by atoms with Crippen molar-refractivity contribution < 1.29 is 48.3 Å². The smallest absolute Gasteiger partial charge is 0.305 e. The minimum Gasteiger partial charge on any atom is -0.491 e. The number of benzene rings is 3. The predicted molar refractivity (Wildman–Crippen MR) is 226 cm³/mol. The Labute approximate surface area is 349 Å². The van der Waals surface area contributed by atoms with Gasteiger partial charge in [-0.25, -0.2) is 4.98 Å². The van der Waals surface area contributed by atoms with Crippen LogP contribution in [0.15, 0.2) is 84.1 Å². The van der Waals surface area contributed by atoms with Crippen molar-refractivity contribution in [3.8, 4) is 16.9 Å². The van der Waals surface area contributed by atoms with Gasteiger partial charge in [-0.1, -0.05) is 59.7 Å². The summed E-state index contributed by atoms with van der Waals surface area (Å²) < 4.78 is 28.0. The second kappa shape index (κ2) is 26.3. The summed E-state index contributed by atoms with van der Waals surface area (Å²) in [5, 5.41) is 33.9. The number of carbonyl (C=O) groups excluding carboxylic acids is 2. The highest BCUT2D eigenvalue weighted by molar-refractivity contribution is 6.00. The summed E-state index contributed by atoms with van der Waals surface area (Å²) in [7, 11) is 0. The third-order valence-electron chi connectivity index (χ3n) is 9.09. The molecular formula is C43H55N7O10. The van der Waals surface area contributed by atoms with E-state index >= 15 is 0 Å². The number of hydrogen-bond donors (Lipinski definition) is 5. The molecule has 17 heteroatoms. The van der Waals surface area contributed by atoms with Crippen LogP contribution in [0.2, 0.25) is 0 Å². The predicted octanol–water partition coefficient (Wildman–Crippen LogP) is 5.36. The van der Waals surface area contributed by atoms with Crippen LogP contribution in [0.5, 0.6) is 5.75 Å². The summed E-state index contributed by atoms with van der Waals surface area (Å²) >= 11 is 0. The molecule has 1 aromatic heterocycles. The number of nitrogens with zero attached hydrogens (tertiary/aromatic N) is 4. The van der Waals surface area contributed by atoms with Gasteiger partial charge in [0.25, 0.3) is 0 Å². The van der Waals surface area contributed by atoms with E-state index in [-0.39, 0.29) is 6.42 Å². The number of carboxylic acid groups (broad SMARTS) is 1. The van der Waals surface area contributed by atoms with Crippen molar-refractivity contribution in [2.75, 3.05) is 77.9 Å². The molecule has 0 spiro atoms. The molecule has 0 fully saturated rings. The maximum Gasteiger partial charge on any atom is 0.305 e. The molecule has 3 unspecified atom stereocenters. The minimum atomic E-state index is -1.29. The molecule has 3 aromatic carbocycles. The standard InChI is InChI=1S/C43H55N7O10/c1-30-15-17-46-39(28-30)45-16-5-8-40(52)49-42(31(2)51)43(55)48-37(29-41(53)54)33-11-9-32(10-12-33)34-13-14-38(36-7-4-3-6-35(34)36)60-27-26-59-25-24-58-23-22-57-21-20-56-19-18-47-50-44/h3-4,6-7,9-15,17,28,31,37,42,51H,5,8,16,18-27,29H2,1-2H3,(H,45,46)(H,48,55)(H,49,52)(H,53,54). The van der Waals surface area contributed by atoms with Crippen molar-refractivity contribution >= 4 is 34.4 Å². The quantitative estimate of drug-likeness (QED) is 0.0202. The number of carbonyl (C=O) groups is 3. The monoisotopic (exact) mass is 829 g/mol. The first-order valence-electron chi connectivity index (χ1n) is 19.9. The zero-order valence-corrected chi connectivity index (χ0v) is 34.1. The summed E-state index contributed by atoms with van der Waals surface area (Å²) in [6.45, 7) is 7.71. The second-order valence-electron chi connectivity index (χ2n) is 13.7. The number of aromatic nitrogens is 1. The van der Waals surface area contributed by atoms with Gasteiger partial charge in [-0.3, -0.25) is 14.4 Å². The van der Waals surface area contributed by atoms with Gasteiger partial charge in [-0.15, -0.1) is 0 Å². The van der Waals surface area contributed by atoms with Crippen LogP contribution in [-0.4, -0.2) is 118 Å². The number of pyridine rings is 1. The lowest BCUT2D eigenvalue weighted by Gasteiger charge is -2.25. The summed E-state index contributed by atoms with van der Waals surface area (Å²) in [6, 6.07) is 20.5. The molecule has 4 rings (SSSR count). The van der Waals surface area contributed by atoms with Crippen molar-refractivity contribution in [3.63, 3.8) is 0 Å². The summed E-state index contributed by atoms with van der Waals surface area (Å²) in [4.78, 5) is 44.9. The molecule has 0 aliphatic heterocycles. The second-order valence-corrected chi connectivity index (χ2v) is 13.7. The number of aliphatic hydroxyl groups is 1.